The molecule has 0 radical (unpaired) electrons. The van der Waals surface area contributed by atoms with Crippen LogP contribution in [0.4, 0.5) is 5.69 Å². The van der Waals surface area contributed by atoms with Crippen LogP contribution < -0.4 is 4.90 Å². The fraction of sp³-hybridized carbons (Fsp3) is 0.286. The van der Waals surface area contributed by atoms with Crippen molar-refractivity contribution in [3.05, 3.63) is 42.0 Å². The van der Waals surface area contributed by atoms with Crippen LogP contribution in [0.3, 0.4) is 0 Å². The highest BCUT2D eigenvalue weighted by molar-refractivity contribution is 5.93. The Morgan fingerprint density at radius 1 is 1.11 bits per heavy atom. The van der Waals surface area contributed by atoms with E-state index >= 15 is 0 Å². The van der Waals surface area contributed by atoms with Crippen molar-refractivity contribution in [3.63, 3.8) is 0 Å². The van der Waals surface area contributed by atoms with E-state index in [1.54, 1.807) is 7.05 Å². The second-order valence-corrected chi connectivity index (χ2v) is 4.43. The number of anilines is 1. The maximum absolute atomic E-state index is 11.6. The van der Waals surface area contributed by atoms with Crippen LogP contribution in [0.1, 0.15) is 5.56 Å². The van der Waals surface area contributed by atoms with Gasteiger partial charge in [0.05, 0.1) is 0 Å². The predicted molar refractivity (Wildman–Crippen MR) is 74.0 cm³/mol. The maximum atomic E-state index is 11.6. The van der Waals surface area contributed by atoms with E-state index in [2.05, 4.69) is 0 Å². The number of amides is 1. The van der Waals surface area contributed by atoms with Gasteiger partial charge in [0.25, 0.3) is 0 Å². The van der Waals surface area contributed by atoms with E-state index in [0.29, 0.717) is 6.54 Å². The molecular weight excluding hydrogens is 244 g/mol. The number of hydrogen-bond donors (Lipinski definition) is 1. The zero-order valence-electron chi connectivity index (χ0n) is 11.3. The minimum atomic E-state index is -1.13. The summed E-state index contributed by atoms with van der Waals surface area (Å²) in [4.78, 5) is 25.4. The minimum Gasteiger partial charge on any atom is -0.478 e. The number of carbonyl (C=O) groups excluding carboxylic acids is 1. The van der Waals surface area contributed by atoms with Gasteiger partial charge in [0, 0.05) is 45.5 Å². The highest BCUT2D eigenvalue weighted by Crippen LogP contribution is 2.13. The number of carboxylic acid groups (broad SMARTS) is 1. The van der Waals surface area contributed by atoms with E-state index in [-0.39, 0.29) is 5.91 Å². The van der Waals surface area contributed by atoms with Gasteiger partial charge in [-0.3, -0.25) is 4.79 Å². The Balaban J connectivity index is 2.63. The van der Waals surface area contributed by atoms with E-state index in [1.807, 2.05) is 43.3 Å². The fourth-order valence-electron chi connectivity index (χ4n) is 1.52. The summed E-state index contributed by atoms with van der Waals surface area (Å²) in [6.07, 6.45) is 1.89. The van der Waals surface area contributed by atoms with Crippen LogP contribution in [0.2, 0.25) is 0 Å². The van der Waals surface area contributed by atoms with Gasteiger partial charge < -0.3 is 14.9 Å². The third-order valence-corrected chi connectivity index (χ3v) is 2.62. The molecule has 102 valence electrons. The molecule has 0 aliphatic heterocycles. The Hall–Kier alpha value is -2.30. The molecule has 5 heteroatoms. The summed E-state index contributed by atoms with van der Waals surface area (Å²) in [7, 11) is 5.55. The van der Waals surface area contributed by atoms with Crippen molar-refractivity contribution in [1.82, 2.24) is 4.90 Å². The smallest absolute Gasteiger partial charge is 0.328 e. The van der Waals surface area contributed by atoms with Gasteiger partial charge >= 0.3 is 5.97 Å². The van der Waals surface area contributed by atoms with E-state index in [4.69, 9.17) is 5.11 Å². The van der Waals surface area contributed by atoms with Crippen LogP contribution in [-0.2, 0) is 16.1 Å². The molecule has 1 aromatic carbocycles. The Morgan fingerprint density at radius 2 is 1.68 bits per heavy atom. The van der Waals surface area contributed by atoms with Gasteiger partial charge in [0.2, 0.25) is 5.91 Å². The van der Waals surface area contributed by atoms with Gasteiger partial charge in [-0.2, -0.15) is 0 Å². The second kappa shape index (κ2) is 6.58. The molecule has 19 heavy (non-hydrogen) atoms. The first-order chi connectivity index (χ1) is 8.90. The number of hydrogen-bond acceptors (Lipinski definition) is 3. The van der Waals surface area contributed by atoms with E-state index in [9.17, 15) is 9.59 Å². The van der Waals surface area contributed by atoms with Gasteiger partial charge in [-0.1, -0.05) is 12.1 Å². The topological polar surface area (TPSA) is 60.9 Å². The molecule has 0 aliphatic carbocycles. The molecule has 1 rings (SSSR count). The highest BCUT2D eigenvalue weighted by Gasteiger charge is 2.06. The molecule has 1 amide bonds. The zero-order chi connectivity index (χ0) is 14.4. The highest BCUT2D eigenvalue weighted by atomic mass is 16.4. The minimum absolute atomic E-state index is 0.334. The molecule has 0 aromatic heterocycles. The molecular formula is C14H18N2O3. The second-order valence-electron chi connectivity index (χ2n) is 4.43. The number of carbonyl (C=O) groups is 2. The van der Waals surface area contributed by atoms with E-state index in [0.717, 1.165) is 23.4 Å². The molecule has 0 unspecified atom stereocenters. The summed E-state index contributed by atoms with van der Waals surface area (Å²) in [6.45, 7) is 0.441. The standard InChI is InChI=1S/C14H18N2O3/c1-15(2)12-6-4-11(5-7-12)10-16(3)13(17)8-9-14(18)19/h4-9H,10H2,1-3H3,(H,18,19)/b9-8+. The molecule has 0 atom stereocenters. The average Bonchev–Trinajstić information content (AvgIpc) is 2.36. The van der Waals surface area contributed by atoms with Crippen LogP contribution >= 0.6 is 0 Å². The van der Waals surface area contributed by atoms with Crippen molar-refractivity contribution >= 4 is 17.6 Å². The SMILES string of the molecule is CN(Cc1ccc(N(C)C)cc1)C(=O)/C=C/C(=O)O. The van der Waals surface area contributed by atoms with E-state index in [1.165, 1.54) is 4.90 Å². The van der Waals surface area contributed by atoms with Crippen LogP contribution in [0.5, 0.6) is 0 Å². The molecule has 0 bridgehead atoms. The number of nitrogens with zero attached hydrogens (tertiary/aromatic N) is 2. The average molecular weight is 262 g/mol. The first-order valence-electron chi connectivity index (χ1n) is 5.82. The van der Waals surface area contributed by atoms with Crippen LogP contribution in [0.15, 0.2) is 36.4 Å². The zero-order valence-corrected chi connectivity index (χ0v) is 11.3. The number of benzene rings is 1. The Labute approximate surface area is 112 Å². The van der Waals surface area contributed by atoms with Crippen molar-refractivity contribution < 1.29 is 14.7 Å². The normalized spacial score (nSPS) is 10.5. The van der Waals surface area contributed by atoms with Crippen molar-refractivity contribution in [2.75, 3.05) is 26.0 Å². The van der Waals surface area contributed by atoms with Gasteiger partial charge in [0.15, 0.2) is 0 Å². The number of carboxylic acids is 1. The number of likely N-dealkylation sites (N-methyl/N-ethyl adjacent to an activating group) is 1. The van der Waals surface area contributed by atoms with Crippen molar-refractivity contribution in [1.29, 1.82) is 0 Å². The van der Waals surface area contributed by atoms with Crippen LogP contribution in [-0.4, -0.2) is 43.0 Å². The van der Waals surface area contributed by atoms with Crippen molar-refractivity contribution in [3.8, 4) is 0 Å². The first-order valence-corrected chi connectivity index (χ1v) is 5.82. The molecule has 1 aromatic rings. The largest absolute Gasteiger partial charge is 0.478 e. The van der Waals surface area contributed by atoms with Gasteiger partial charge in [0.1, 0.15) is 0 Å². The molecule has 0 fully saturated rings. The van der Waals surface area contributed by atoms with Gasteiger partial charge in [-0.15, -0.1) is 0 Å². The van der Waals surface area contributed by atoms with Crippen molar-refractivity contribution in [2.45, 2.75) is 6.54 Å². The molecule has 0 spiro atoms. The summed E-state index contributed by atoms with van der Waals surface area (Å²) in [6, 6.07) is 7.83. The van der Waals surface area contributed by atoms with Crippen LogP contribution in [0, 0.1) is 0 Å². The summed E-state index contributed by atoms with van der Waals surface area (Å²) >= 11 is 0. The molecule has 0 saturated carbocycles. The quantitative estimate of drug-likeness (QED) is 0.814. The predicted octanol–water partition coefficient (Wildman–Crippen LogP) is 1.35. The fourth-order valence-corrected chi connectivity index (χ4v) is 1.52. The third kappa shape index (κ3) is 4.83. The molecule has 5 nitrogen and oxygen atoms in total. The number of rotatable bonds is 5. The lowest BCUT2D eigenvalue weighted by atomic mass is 10.2. The lowest BCUT2D eigenvalue weighted by Gasteiger charge is -2.17. The van der Waals surface area contributed by atoms with Gasteiger partial charge in [-0.05, 0) is 17.7 Å². The maximum Gasteiger partial charge on any atom is 0.328 e. The summed E-state index contributed by atoms with van der Waals surface area (Å²) < 4.78 is 0. The summed E-state index contributed by atoms with van der Waals surface area (Å²) in [5.41, 5.74) is 2.08. The summed E-state index contributed by atoms with van der Waals surface area (Å²) in [5.74, 6) is -1.46. The Morgan fingerprint density at radius 3 is 2.16 bits per heavy atom. The van der Waals surface area contributed by atoms with E-state index < -0.39 is 5.97 Å². The molecule has 0 aliphatic rings. The van der Waals surface area contributed by atoms with Gasteiger partial charge in [-0.25, -0.2) is 4.79 Å². The lowest BCUT2D eigenvalue weighted by molar-refractivity contribution is -0.132. The molecule has 0 heterocycles. The monoisotopic (exact) mass is 262 g/mol. The Kier molecular flexibility index (Phi) is 5.11. The first kappa shape index (κ1) is 14.8. The lowest BCUT2D eigenvalue weighted by Crippen LogP contribution is -2.24. The van der Waals surface area contributed by atoms with Crippen molar-refractivity contribution in [2.24, 2.45) is 0 Å². The van der Waals surface area contributed by atoms with Crippen LogP contribution in [0.25, 0.3) is 0 Å². The molecule has 1 N–H and O–H groups in total. The number of aliphatic carboxylic acids is 1. The Bertz CT molecular complexity index is 478. The summed E-state index contributed by atoms with van der Waals surface area (Å²) in [5, 5.41) is 8.45. The third-order valence-electron chi connectivity index (χ3n) is 2.62. The molecule has 0 saturated heterocycles.